The van der Waals surface area contributed by atoms with Gasteiger partial charge in [0.25, 0.3) is 0 Å². The summed E-state index contributed by atoms with van der Waals surface area (Å²) in [5.74, 6) is -3.19. The summed E-state index contributed by atoms with van der Waals surface area (Å²) in [5.41, 5.74) is 4.40. The Morgan fingerprint density at radius 3 is 2.38 bits per heavy atom. The van der Waals surface area contributed by atoms with Crippen LogP contribution in [0.25, 0.3) is 0 Å². The van der Waals surface area contributed by atoms with E-state index in [0.29, 0.717) is 6.07 Å². The summed E-state index contributed by atoms with van der Waals surface area (Å²) < 4.78 is 26.7. The predicted molar refractivity (Wildman–Crippen MR) is 55.3 cm³/mol. The van der Waals surface area contributed by atoms with Crippen LogP contribution in [0.3, 0.4) is 0 Å². The summed E-state index contributed by atoms with van der Waals surface area (Å²) in [6.07, 6.45) is 0.135. The molecular formula is C11H13F2NO2. The first kappa shape index (κ1) is 12.6. The molecule has 1 aromatic rings. The van der Waals surface area contributed by atoms with E-state index in [2.05, 4.69) is 0 Å². The van der Waals surface area contributed by atoms with Crippen molar-refractivity contribution < 1.29 is 18.7 Å². The molecular weight excluding hydrogens is 216 g/mol. The van der Waals surface area contributed by atoms with Crippen LogP contribution >= 0.6 is 0 Å². The Balaban J connectivity index is 3.16. The van der Waals surface area contributed by atoms with E-state index in [0.717, 1.165) is 6.07 Å². The molecule has 0 aliphatic rings. The molecule has 0 aliphatic carbocycles. The Labute approximate surface area is 91.9 Å². The van der Waals surface area contributed by atoms with Crippen LogP contribution in [-0.4, -0.2) is 16.6 Å². The van der Waals surface area contributed by atoms with Gasteiger partial charge in [0.15, 0.2) is 0 Å². The van der Waals surface area contributed by atoms with Crippen molar-refractivity contribution in [3.63, 3.8) is 0 Å². The third-order valence-corrected chi connectivity index (χ3v) is 2.01. The first-order valence-electron chi connectivity index (χ1n) is 4.71. The van der Waals surface area contributed by atoms with Gasteiger partial charge >= 0.3 is 5.97 Å². The summed E-state index contributed by atoms with van der Waals surface area (Å²) in [7, 11) is 0. The van der Waals surface area contributed by atoms with Crippen LogP contribution in [0.5, 0.6) is 0 Å². The Morgan fingerprint density at radius 1 is 1.38 bits per heavy atom. The highest BCUT2D eigenvalue weighted by Gasteiger charge is 2.19. The second-order valence-electron chi connectivity index (χ2n) is 4.39. The number of carbonyl (C=O) groups is 1. The number of rotatable bonds is 3. The third-order valence-electron chi connectivity index (χ3n) is 2.01. The zero-order chi connectivity index (χ0) is 12.5. The predicted octanol–water partition coefficient (Wildman–Crippen LogP) is 1.94. The molecule has 0 aliphatic heterocycles. The smallest absolute Gasteiger partial charge is 0.338 e. The summed E-state index contributed by atoms with van der Waals surface area (Å²) in [5, 5.41) is 8.58. The van der Waals surface area contributed by atoms with Crippen LogP contribution in [0.15, 0.2) is 12.1 Å². The minimum absolute atomic E-state index is 0.0787. The fourth-order valence-corrected chi connectivity index (χ4v) is 1.38. The molecule has 0 atom stereocenters. The SMILES string of the molecule is CC(C)(N)Cc1cc(F)c(C(=O)O)cc1F. The Bertz CT molecular complexity index is 425. The molecule has 0 spiro atoms. The number of carboxylic acids is 1. The van der Waals surface area contributed by atoms with E-state index < -0.39 is 28.7 Å². The topological polar surface area (TPSA) is 63.3 Å². The average molecular weight is 229 g/mol. The maximum absolute atomic E-state index is 13.4. The Morgan fingerprint density at radius 2 is 1.94 bits per heavy atom. The van der Waals surface area contributed by atoms with Gasteiger partial charge in [-0.3, -0.25) is 0 Å². The lowest BCUT2D eigenvalue weighted by atomic mass is 9.95. The van der Waals surface area contributed by atoms with E-state index in [-0.39, 0.29) is 12.0 Å². The molecule has 1 rings (SSSR count). The summed E-state index contributed by atoms with van der Waals surface area (Å²) in [6.45, 7) is 3.35. The molecule has 0 unspecified atom stereocenters. The van der Waals surface area contributed by atoms with Gasteiger partial charge in [0, 0.05) is 5.54 Å². The number of carboxylic acid groups (broad SMARTS) is 1. The zero-order valence-corrected chi connectivity index (χ0v) is 9.05. The molecule has 0 amide bonds. The van der Waals surface area contributed by atoms with Crippen LogP contribution in [0.2, 0.25) is 0 Å². The van der Waals surface area contributed by atoms with Gasteiger partial charge in [0.2, 0.25) is 0 Å². The van der Waals surface area contributed by atoms with E-state index in [4.69, 9.17) is 10.8 Å². The molecule has 0 bridgehead atoms. The van der Waals surface area contributed by atoms with Crippen molar-refractivity contribution in [3.05, 3.63) is 34.9 Å². The molecule has 0 radical (unpaired) electrons. The number of nitrogens with two attached hydrogens (primary N) is 1. The Hall–Kier alpha value is -1.49. The highest BCUT2D eigenvalue weighted by Crippen LogP contribution is 2.18. The van der Waals surface area contributed by atoms with Crippen molar-refractivity contribution in [2.24, 2.45) is 5.73 Å². The Kier molecular flexibility index (Phi) is 3.28. The zero-order valence-electron chi connectivity index (χ0n) is 9.05. The van der Waals surface area contributed by atoms with E-state index in [9.17, 15) is 13.6 Å². The number of halogens is 2. The van der Waals surface area contributed by atoms with Crippen molar-refractivity contribution in [3.8, 4) is 0 Å². The van der Waals surface area contributed by atoms with Gasteiger partial charge in [-0.2, -0.15) is 0 Å². The van der Waals surface area contributed by atoms with E-state index in [1.807, 2.05) is 0 Å². The maximum Gasteiger partial charge on any atom is 0.338 e. The van der Waals surface area contributed by atoms with E-state index in [1.54, 1.807) is 13.8 Å². The number of hydrogen-bond acceptors (Lipinski definition) is 2. The lowest BCUT2D eigenvalue weighted by Gasteiger charge is -2.19. The molecule has 3 nitrogen and oxygen atoms in total. The van der Waals surface area contributed by atoms with E-state index >= 15 is 0 Å². The van der Waals surface area contributed by atoms with E-state index in [1.165, 1.54) is 0 Å². The molecule has 5 heteroatoms. The molecule has 88 valence electrons. The van der Waals surface area contributed by atoms with Crippen LogP contribution in [-0.2, 0) is 6.42 Å². The average Bonchev–Trinajstić information content (AvgIpc) is 2.07. The monoisotopic (exact) mass is 229 g/mol. The normalized spacial score (nSPS) is 11.6. The van der Waals surface area contributed by atoms with Gasteiger partial charge in [-0.25, -0.2) is 13.6 Å². The summed E-state index contributed by atoms with van der Waals surface area (Å²) >= 11 is 0. The first-order valence-corrected chi connectivity index (χ1v) is 4.71. The van der Waals surface area contributed by atoms with Gasteiger partial charge < -0.3 is 10.8 Å². The molecule has 16 heavy (non-hydrogen) atoms. The van der Waals surface area contributed by atoms with Crippen molar-refractivity contribution in [1.29, 1.82) is 0 Å². The van der Waals surface area contributed by atoms with Crippen molar-refractivity contribution in [1.82, 2.24) is 0 Å². The summed E-state index contributed by atoms with van der Waals surface area (Å²) in [6, 6.07) is 1.56. The van der Waals surface area contributed by atoms with Gasteiger partial charge in [-0.05, 0) is 38.0 Å². The minimum Gasteiger partial charge on any atom is -0.478 e. The van der Waals surface area contributed by atoms with Crippen LogP contribution in [0, 0.1) is 11.6 Å². The second-order valence-corrected chi connectivity index (χ2v) is 4.39. The quantitative estimate of drug-likeness (QED) is 0.832. The highest BCUT2D eigenvalue weighted by molar-refractivity contribution is 5.88. The fourth-order valence-electron chi connectivity index (χ4n) is 1.38. The molecule has 0 saturated carbocycles. The van der Waals surface area contributed by atoms with Crippen LogP contribution in [0.4, 0.5) is 8.78 Å². The number of aromatic carboxylic acids is 1. The van der Waals surface area contributed by atoms with Gasteiger partial charge in [0.05, 0.1) is 5.56 Å². The first-order chi connectivity index (χ1) is 7.20. The lowest BCUT2D eigenvalue weighted by molar-refractivity contribution is 0.0691. The molecule has 0 aromatic heterocycles. The lowest BCUT2D eigenvalue weighted by Crippen LogP contribution is -2.34. The van der Waals surface area contributed by atoms with Gasteiger partial charge in [0.1, 0.15) is 11.6 Å². The summed E-state index contributed by atoms with van der Waals surface area (Å²) in [4.78, 5) is 10.5. The van der Waals surface area contributed by atoms with Gasteiger partial charge in [-0.1, -0.05) is 0 Å². The minimum atomic E-state index is -1.49. The molecule has 0 fully saturated rings. The largest absolute Gasteiger partial charge is 0.478 e. The standard InChI is InChI=1S/C11H13F2NO2/c1-11(2,14)5-6-3-9(13)7(10(15)16)4-8(6)12/h3-4H,5,14H2,1-2H3,(H,15,16). The highest BCUT2D eigenvalue weighted by atomic mass is 19.1. The molecule has 3 N–H and O–H groups in total. The maximum atomic E-state index is 13.4. The molecule has 0 heterocycles. The third kappa shape index (κ3) is 3.00. The molecule has 0 saturated heterocycles. The van der Waals surface area contributed by atoms with Crippen LogP contribution in [0.1, 0.15) is 29.8 Å². The van der Waals surface area contributed by atoms with Crippen molar-refractivity contribution in [2.45, 2.75) is 25.8 Å². The molecule has 1 aromatic carbocycles. The van der Waals surface area contributed by atoms with Crippen molar-refractivity contribution >= 4 is 5.97 Å². The number of benzene rings is 1. The second kappa shape index (κ2) is 4.17. The van der Waals surface area contributed by atoms with Crippen molar-refractivity contribution in [2.75, 3.05) is 0 Å². The number of hydrogen-bond donors (Lipinski definition) is 2. The van der Waals surface area contributed by atoms with Crippen LogP contribution < -0.4 is 5.73 Å². The van der Waals surface area contributed by atoms with Gasteiger partial charge in [-0.15, -0.1) is 0 Å². The fraction of sp³-hybridized carbons (Fsp3) is 0.364.